The van der Waals surface area contributed by atoms with Crippen LogP contribution in [0, 0.1) is 0 Å². The Hall–Kier alpha value is -2.50. The van der Waals surface area contributed by atoms with E-state index in [9.17, 15) is 9.59 Å². The lowest BCUT2D eigenvalue weighted by Gasteiger charge is -2.07. The van der Waals surface area contributed by atoms with Gasteiger partial charge in [-0.2, -0.15) is 0 Å². The lowest BCUT2D eigenvalue weighted by molar-refractivity contribution is -0.140. The van der Waals surface area contributed by atoms with Crippen LogP contribution in [0.3, 0.4) is 0 Å². The van der Waals surface area contributed by atoms with Gasteiger partial charge in [-0.05, 0) is 23.8 Å². The van der Waals surface area contributed by atoms with Crippen LogP contribution in [0.25, 0.3) is 6.08 Å². The third-order valence-corrected chi connectivity index (χ3v) is 2.47. The van der Waals surface area contributed by atoms with Crippen LogP contribution in [0.5, 0.6) is 11.5 Å². The predicted octanol–water partition coefficient (Wildman–Crippen LogP) is 1.01. The van der Waals surface area contributed by atoms with Crippen LogP contribution in [-0.2, 0) is 14.3 Å². The average Bonchev–Trinajstić information content (AvgIpc) is 2.49. The van der Waals surface area contributed by atoms with Gasteiger partial charge in [-0.3, -0.25) is 9.59 Å². The summed E-state index contributed by atoms with van der Waals surface area (Å²) in [5.74, 6) is 0.299. The van der Waals surface area contributed by atoms with E-state index in [0.29, 0.717) is 11.5 Å². The van der Waals surface area contributed by atoms with Crippen molar-refractivity contribution in [1.82, 2.24) is 5.32 Å². The fourth-order valence-corrected chi connectivity index (χ4v) is 1.42. The van der Waals surface area contributed by atoms with E-state index in [1.165, 1.54) is 20.3 Å². The first-order valence-corrected chi connectivity index (χ1v) is 5.85. The van der Waals surface area contributed by atoms with Gasteiger partial charge in [-0.25, -0.2) is 0 Å². The van der Waals surface area contributed by atoms with E-state index in [0.717, 1.165) is 5.56 Å². The number of esters is 1. The highest BCUT2D eigenvalue weighted by Crippen LogP contribution is 2.27. The molecule has 0 atom stereocenters. The lowest BCUT2D eigenvalue weighted by atomic mass is 10.2. The van der Waals surface area contributed by atoms with Crippen LogP contribution in [0.4, 0.5) is 0 Å². The Kier molecular flexibility index (Phi) is 6.09. The number of methoxy groups -OCH3 is 3. The molecule has 1 rings (SSSR count). The number of nitrogens with one attached hydrogen (secondary N) is 1. The van der Waals surface area contributed by atoms with Gasteiger partial charge in [0.1, 0.15) is 6.54 Å². The van der Waals surface area contributed by atoms with E-state index < -0.39 is 5.97 Å². The second-order valence-corrected chi connectivity index (χ2v) is 3.74. The van der Waals surface area contributed by atoms with Crippen molar-refractivity contribution in [2.24, 2.45) is 0 Å². The molecule has 1 amide bonds. The zero-order valence-corrected chi connectivity index (χ0v) is 11.6. The molecule has 0 aliphatic rings. The zero-order chi connectivity index (χ0) is 15.0. The van der Waals surface area contributed by atoms with Gasteiger partial charge >= 0.3 is 5.97 Å². The van der Waals surface area contributed by atoms with Crippen molar-refractivity contribution >= 4 is 18.0 Å². The molecular formula is C14H17NO5. The van der Waals surface area contributed by atoms with Crippen molar-refractivity contribution in [1.29, 1.82) is 0 Å². The minimum absolute atomic E-state index is 0.161. The minimum atomic E-state index is -0.502. The van der Waals surface area contributed by atoms with E-state index >= 15 is 0 Å². The van der Waals surface area contributed by atoms with Gasteiger partial charge in [0.2, 0.25) is 5.91 Å². The SMILES string of the molecule is COC(=O)CNC(=O)C=Cc1ccc(OC)c(OC)c1. The highest BCUT2D eigenvalue weighted by Gasteiger charge is 2.04. The molecule has 0 spiro atoms. The normalized spacial score (nSPS) is 10.2. The van der Waals surface area contributed by atoms with Crippen LogP contribution >= 0.6 is 0 Å². The first-order valence-electron chi connectivity index (χ1n) is 5.85. The van der Waals surface area contributed by atoms with Crippen LogP contribution in [-0.4, -0.2) is 39.8 Å². The average molecular weight is 279 g/mol. The monoisotopic (exact) mass is 279 g/mol. The number of benzene rings is 1. The number of hydrogen-bond acceptors (Lipinski definition) is 5. The molecule has 6 nitrogen and oxygen atoms in total. The summed E-state index contributed by atoms with van der Waals surface area (Å²) in [6, 6.07) is 5.26. The smallest absolute Gasteiger partial charge is 0.325 e. The zero-order valence-electron chi connectivity index (χ0n) is 11.6. The maximum atomic E-state index is 11.5. The third kappa shape index (κ3) is 4.64. The molecule has 0 saturated carbocycles. The molecule has 1 aromatic carbocycles. The van der Waals surface area contributed by atoms with Gasteiger partial charge < -0.3 is 19.5 Å². The van der Waals surface area contributed by atoms with Crippen molar-refractivity contribution in [3.8, 4) is 11.5 Å². The summed E-state index contributed by atoms with van der Waals surface area (Å²) in [7, 11) is 4.34. The molecule has 1 N–H and O–H groups in total. The standard InChI is InChI=1S/C14H17NO5/c1-18-11-6-4-10(8-12(11)19-2)5-7-13(16)15-9-14(17)20-3/h4-8H,9H2,1-3H3,(H,15,16). The molecule has 0 aromatic heterocycles. The first-order chi connectivity index (χ1) is 9.60. The molecule has 20 heavy (non-hydrogen) atoms. The summed E-state index contributed by atoms with van der Waals surface area (Å²) in [6.07, 6.45) is 2.93. The minimum Gasteiger partial charge on any atom is -0.493 e. The van der Waals surface area contributed by atoms with Gasteiger partial charge in [0.25, 0.3) is 0 Å². The predicted molar refractivity (Wildman–Crippen MR) is 73.6 cm³/mol. The molecule has 0 aliphatic heterocycles. The van der Waals surface area contributed by atoms with Crippen molar-refractivity contribution in [3.63, 3.8) is 0 Å². The number of ether oxygens (including phenoxy) is 3. The summed E-state index contributed by atoms with van der Waals surface area (Å²) in [5.41, 5.74) is 0.774. The molecular weight excluding hydrogens is 262 g/mol. The Labute approximate surface area is 117 Å². The summed E-state index contributed by atoms with van der Waals surface area (Å²) < 4.78 is 14.7. The van der Waals surface area contributed by atoms with Gasteiger partial charge in [-0.15, -0.1) is 0 Å². The number of rotatable bonds is 6. The maximum Gasteiger partial charge on any atom is 0.325 e. The summed E-state index contributed by atoms with van der Waals surface area (Å²) in [5, 5.41) is 2.40. The van der Waals surface area contributed by atoms with Crippen molar-refractivity contribution in [2.75, 3.05) is 27.9 Å². The fourth-order valence-electron chi connectivity index (χ4n) is 1.42. The Morgan fingerprint density at radius 3 is 2.45 bits per heavy atom. The van der Waals surface area contributed by atoms with Crippen LogP contribution in [0.2, 0.25) is 0 Å². The molecule has 0 bridgehead atoms. The second kappa shape index (κ2) is 7.83. The highest BCUT2D eigenvalue weighted by atomic mass is 16.5. The molecule has 6 heteroatoms. The quantitative estimate of drug-likeness (QED) is 0.621. The topological polar surface area (TPSA) is 73.9 Å². The summed E-state index contributed by atoms with van der Waals surface area (Å²) in [4.78, 5) is 22.3. The first kappa shape index (κ1) is 15.6. The Bertz CT molecular complexity index is 510. The van der Waals surface area contributed by atoms with Crippen molar-refractivity contribution in [2.45, 2.75) is 0 Å². The number of amides is 1. The highest BCUT2D eigenvalue weighted by molar-refractivity contribution is 5.93. The van der Waals surface area contributed by atoms with E-state index in [1.807, 2.05) is 0 Å². The Morgan fingerprint density at radius 2 is 1.85 bits per heavy atom. The fraction of sp³-hybridized carbons (Fsp3) is 0.286. The molecule has 108 valence electrons. The van der Waals surface area contributed by atoms with E-state index in [4.69, 9.17) is 9.47 Å². The maximum absolute atomic E-state index is 11.5. The second-order valence-electron chi connectivity index (χ2n) is 3.74. The van der Waals surface area contributed by atoms with E-state index in [-0.39, 0.29) is 12.5 Å². The van der Waals surface area contributed by atoms with Crippen molar-refractivity contribution in [3.05, 3.63) is 29.8 Å². The molecule has 1 aromatic rings. The van der Waals surface area contributed by atoms with Gasteiger partial charge in [0.15, 0.2) is 11.5 Å². The largest absolute Gasteiger partial charge is 0.493 e. The van der Waals surface area contributed by atoms with Crippen LogP contribution < -0.4 is 14.8 Å². The summed E-state index contributed by atoms with van der Waals surface area (Å²) in [6.45, 7) is -0.161. The van der Waals surface area contributed by atoms with Gasteiger partial charge in [-0.1, -0.05) is 6.07 Å². The van der Waals surface area contributed by atoms with E-state index in [1.54, 1.807) is 31.4 Å². The molecule has 0 fully saturated rings. The third-order valence-electron chi connectivity index (χ3n) is 2.47. The van der Waals surface area contributed by atoms with E-state index in [2.05, 4.69) is 10.1 Å². The van der Waals surface area contributed by atoms with Gasteiger partial charge in [0, 0.05) is 6.08 Å². The molecule has 0 saturated heterocycles. The number of carbonyl (C=O) groups is 2. The van der Waals surface area contributed by atoms with Crippen LogP contribution in [0.1, 0.15) is 5.56 Å². The Morgan fingerprint density at radius 1 is 1.15 bits per heavy atom. The number of hydrogen-bond donors (Lipinski definition) is 1. The molecule has 0 aliphatic carbocycles. The van der Waals surface area contributed by atoms with Crippen LogP contribution in [0.15, 0.2) is 24.3 Å². The van der Waals surface area contributed by atoms with Gasteiger partial charge in [0.05, 0.1) is 21.3 Å². The molecule has 0 unspecified atom stereocenters. The Balaban J connectivity index is 2.65. The molecule has 0 heterocycles. The number of carbonyl (C=O) groups excluding carboxylic acids is 2. The molecule has 0 radical (unpaired) electrons. The summed E-state index contributed by atoms with van der Waals surface area (Å²) >= 11 is 0. The van der Waals surface area contributed by atoms with Crippen molar-refractivity contribution < 1.29 is 23.8 Å². The lowest BCUT2D eigenvalue weighted by Crippen LogP contribution is -2.28.